The lowest BCUT2D eigenvalue weighted by Gasteiger charge is -2.12. The third-order valence-corrected chi connectivity index (χ3v) is 5.21. The first-order chi connectivity index (χ1) is 15.9. The lowest BCUT2D eigenvalue weighted by molar-refractivity contribution is -0.137. The summed E-state index contributed by atoms with van der Waals surface area (Å²) in [6, 6.07) is 6.19. The number of alkyl halides is 2. The van der Waals surface area contributed by atoms with Crippen molar-refractivity contribution >= 4 is 35.0 Å². The molecule has 0 unspecified atom stereocenters. The number of benzene rings is 1. The molecule has 170 valence electrons. The van der Waals surface area contributed by atoms with Crippen molar-refractivity contribution in [3.05, 3.63) is 54.6 Å². The summed E-state index contributed by atoms with van der Waals surface area (Å²) in [5, 5.41) is 20.1. The number of carbonyl (C=O) groups is 2. The molecule has 4 aromatic rings. The Morgan fingerprint density at radius 2 is 2.15 bits per heavy atom. The fraction of sp³-hybridized carbons (Fsp3) is 0.150. The van der Waals surface area contributed by atoms with Crippen LogP contribution < -0.4 is 10.1 Å². The molecule has 0 saturated carbocycles. The topological polar surface area (TPSA) is 124 Å². The van der Waals surface area contributed by atoms with E-state index < -0.39 is 25.0 Å². The highest BCUT2D eigenvalue weighted by Gasteiger charge is 2.22. The highest BCUT2D eigenvalue weighted by molar-refractivity contribution is 7.98. The van der Waals surface area contributed by atoms with Crippen LogP contribution in [0.3, 0.4) is 0 Å². The summed E-state index contributed by atoms with van der Waals surface area (Å²) < 4.78 is 33.1. The largest absolute Gasteiger partial charge is 0.480 e. The first-order valence-corrected chi connectivity index (χ1v) is 10.6. The van der Waals surface area contributed by atoms with Gasteiger partial charge >= 0.3 is 12.6 Å². The van der Waals surface area contributed by atoms with Crippen molar-refractivity contribution < 1.29 is 28.2 Å². The molecule has 2 N–H and O–H groups in total. The van der Waals surface area contributed by atoms with Gasteiger partial charge in [-0.3, -0.25) is 14.3 Å². The molecular formula is C20H16F2N6O4S. The maximum absolute atomic E-state index is 13.0. The maximum atomic E-state index is 13.0. The molecular weight excluding hydrogens is 458 g/mol. The van der Waals surface area contributed by atoms with Crippen LogP contribution in [0, 0.1) is 0 Å². The number of ether oxygens (including phenoxy) is 1. The average molecular weight is 474 g/mol. The number of nitrogens with zero attached hydrogens (tertiary/aromatic N) is 5. The molecule has 0 aliphatic rings. The van der Waals surface area contributed by atoms with Gasteiger partial charge in [-0.25, -0.2) is 9.50 Å². The van der Waals surface area contributed by atoms with Gasteiger partial charge in [0.15, 0.2) is 5.65 Å². The van der Waals surface area contributed by atoms with E-state index in [2.05, 4.69) is 25.2 Å². The number of nitrogens with one attached hydrogen (secondary N) is 1. The zero-order valence-electron chi connectivity index (χ0n) is 17.0. The molecule has 0 aliphatic heterocycles. The number of fused-ring (bicyclic) bond motifs is 1. The zero-order valence-corrected chi connectivity index (χ0v) is 17.8. The number of carbonyl (C=O) groups excluding carboxylic acids is 1. The SMILES string of the molecule is CSc1ccc(OC(F)F)c(-c2nn(CC(=O)O)cc2NC(=O)c2cnn3cccnc23)c1. The molecule has 4 rings (SSSR count). The number of carboxylic acids is 1. The van der Waals surface area contributed by atoms with Crippen LogP contribution in [0.5, 0.6) is 5.75 Å². The van der Waals surface area contributed by atoms with Gasteiger partial charge in [0.25, 0.3) is 5.91 Å². The third-order valence-electron chi connectivity index (χ3n) is 4.49. The van der Waals surface area contributed by atoms with Crippen molar-refractivity contribution in [1.29, 1.82) is 0 Å². The van der Waals surface area contributed by atoms with Gasteiger partial charge in [-0.1, -0.05) is 0 Å². The monoisotopic (exact) mass is 474 g/mol. The minimum absolute atomic E-state index is 0.0700. The summed E-state index contributed by atoms with van der Waals surface area (Å²) in [7, 11) is 0. The van der Waals surface area contributed by atoms with Crippen LogP contribution in [0.15, 0.2) is 53.9 Å². The Morgan fingerprint density at radius 3 is 2.88 bits per heavy atom. The Balaban J connectivity index is 1.79. The highest BCUT2D eigenvalue weighted by atomic mass is 32.2. The van der Waals surface area contributed by atoms with Gasteiger partial charge in [-0.2, -0.15) is 19.0 Å². The molecule has 13 heteroatoms. The van der Waals surface area contributed by atoms with Crippen molar-refractivity contribution in [3.8, 4) is 17.0 Å². The van der Waals surface area contributed by atoms with Gasteiger partial charge < -0.3 is 15.2 Å². The summed E-state index contributed by atoms with van der Waals surface area (Å²) in [5.41, 5.74) is 0.809. The summed E-state index contributed by atoms with van der Waals surface area (Å²) in [4.78, 5) is 29.0. The number of aromatic nitrogens is 5. The normalized spacial score (nSPS) is 11.2. The quantitative estimate of drug-likeness (QED) is 0.373. The van der Waals surface area contributed by atoms with E-state index in [0.717, 1.165) is 9.58 Å². The smallest absolute Gasteiger partial charge is 0.387 e. The van der Waals surface area contributed by atoms with Gasteiger partial charge in [0.2, 0.25) is 0 Å². The number of halogens is 2. The number of thioether (sulfide) groups is 1. The van der Waals surface area contributed by atoms with Crippen LogP contribution >= 0.6 is 11.8 Å². The first kappa shape index (κ1) is 22.2. The van der Waals surface area contributed by atoms with E-state index in [9.17, 15) is 18.4 Å². The second-order valence-corrected chi connectivity index (χ2v) is 7.50. The summed E-state index contributed by atoms with van der Waals surface area (Å²) in [6.45, 7) is -3.60. The number of hydrogen-bond acceptors (Lipinski definition) is 7. The van der Waals surface area contributed by atoms with E-state index >= 15 is 0 Å². The second kappa shape index (κ2) is 9.24. The summed E-state index contributed by atoms with van der Waals surface area (Å²) in [6.07, 6.45) is 7.57. The number of amides is 1. The Bertz CT molecular complexity index is 1340. The summed E-state index contributed by atoms with van der Waals surface area (Å²) >= 11 is 1.36. The molecule has 33 heavy (non-hydrogen) atoms. The summed E-state index contributed by atoms with van der Waals surface area (Å²) in [5.74, 6) is -1.93. The molecule has 0 atom stereocenters. The predicted molar refractivity (Wildman–Crippen MR) is 115 cm³/mol. The van der Waals surface area contributed by atoms with E-state index in [4.69, 9.17) is 5.11 Å². The number of rotatable bonds is 8. The lowest BCUT2D eigenvalue weighted by atomic mass is 10.1. The maximum Gasteiger partial charge on any atom is 0.387 e. The fourth-order valence-corrected chi connectivity index (χ4v) is 3.57. The van der Waals surface area contributed by atoms with E-state index in [0.29, 0.717) is 5.65 Å². The molecule has 1 amide bonds. The molecule has 0 fully saturated rings. The van der Waals surface area contributed by atoms with Crippen LogP contribution in [-0.4, -0.2) is 54.2 Å². The molecule has 3 aromatic heterocycles. The van der Waals surface area contributed by atoms with Crippen LogP contribution in [0.2, 0.25) is 0 Å². The van der Waals surface area contributed by atoms with Crippen LogP contribution in [0.1, 0.15) is 10.4 Å². The molecule has 0 spiro atoms. The molecule has 1 aromatic carbocycles. The van der Waals surface area contributed by atoms with E-state index in [1.54, 1.807) is 30.7 Å². The molecule has 3 heterocycles. The molecule has 0 aliphatic carbocycles. The first-order valence-electron chi connectivity index (χ1n) is 9.38. The molecule has 0 saturated heterocycles. The third kappa shape index (κ3) is 4.77. The van der Waals surface area contributed by atoms with Crippen molar-refractivity contribution in [2.45, 2.75) is 18.1 Å². The average Bonchev–Trinajstić information content (AvgIpc) is 3.37. The van der Waals surface area contributed by atoms with E-state index in [-0.39, 0.29) is 28.3 Å². The van der Waals surface area contributed by atoms with Gasteiger partial charge in [0.1, 0.15) is 23.6 Å². The predicted octanol–water partition coefficient (Wildman–Crippen LogP) is 3.25. The van der Waals surface area contributed by atoms with Crippen LogP contribution in [-0.2, 0) is 11.3 Å². The van der Waals surface area contributed by atoms with Crippen molar-refractivity contribution in [2.24, 2.45) is 0 Å². The highest BCUT2D eigenvalue weighted by Crippen LogP contribution is 2.37. The number of hydrogen-bond donors (Lipinski definition) is 2. The molecule has 0 bridgehead atoms. The van der Waals surface area contributed by atoms with E-state index in [1.807, 2.05) is 0 Å². The van der Waals surface area contributed by atoms with Gasteiger partial charge in [-0.15, -0.1) is 11.8 Å². The van der Waals surface area contributed by atoms with Gasteiger partial charge in [-0.05, 0) is 30.5 Å². The van der Waals surface area contributed by atoms with Crippen LogP contribution in [0.25, 0.3) is 16.9 Å². The van der Waals surface area contributed by atoms with Crippen molar-refractivity contribution in [3.63, 3.8) is 0 Å². The van der Waals surface area contributed by atoms with Gasteiger partial charge in [0.05, 0.1) is 11.9 Å². The standard InChI is InChI=1S/C20H16F2N6O4S/c1-33-11-3-4-15(32-20(21)22)12(7-11)17-14(9-27(26-17)10-16(29)30)25-19(31)13-8-24-28-6-2-5-23-18(13)28/h2-9,20H,10H2,1H3,(H,25,31)(H,29,30). The molecule has 0 radical (unpaired) electrons. The Morgan fingerprint density at radius 1 is 1.33 bits per heavy atom. The Kier molecular flexibility index (Phi) is 6.22. The second-order valence-electron chi connectivity index (χ2n) is 6.62. The minimum Gasteiger partial charge on any atom is -0.480 e. The number of anilines is 1. The fourth-order valence-electron chi connectivity index (χ4n) is 3.13. The minimum atomic E-state index is -3.09. The van der Waals surface area contributed by atoms with Crippen LogP contribution in [0.4, 0.5) is 14.5 Å². The number of carboxylic acid groups (broad SMARTS) is 1. The lowest BCUT2D eigenvalue weighted by Crippen LogP contribution is -2.12. The molecule has 10 nitrogen and oxygen atoms in total. The van der Waals surface area contributed by atoms with Gasteiger partial charge in [0, 0.05) is 29.0 Å². The van der Waals surface area contributed by atoms with E-state index in [1.165, 1.54) is 40.9 Å². The van der Waals surface area contributed by atoms with Crippen molar-refractivity contribution in [1.82, 2.24) is 24.4 Å². The Hall–Kier alpha value is -4.00. The number of aliphatic carboxylic acids is 1. The van der Waals surface area contributed by atoms with Crippen molar-refractivity contribution in [2.75, 3.05) is 11.6 Å². The zero-order chi connectivity index (χ0) is 23.5. The Labute approximate surface area is 189 Å².